The molecule has 2 aliphatic carbocycles. The predicted molar refractivity (Wildman–Crippen MR) is 169 cm³/mol. The Morgan fingerprint density at radius 2 is 0.976 bits per heavy atom. The topological polar surface area (TPSA) is 18.5 Å². The molecule has 0 bridgehead atoms. The second kappa shape index (κ2) is 14.2. The molecule has 2 atom stereocenters. The van der Waals surface area contributed by atoms with Crippen molar-refractivity contribution >= 4 is 28.8 Å². The molecule has 0 radical (unpaired) electrons. The molecular formula is C34H50Cl2O2Si2Zr. The predicted octanol–water partition coefficient (Wildman–Crippen LogP) is 4.87. The molecule has 0 spiro atoms. The van der Waals surface area contributed by atoms with Crippen molar-refractivity contribution in [2.24, 2.45) is 0 Å². The maximum absolute atomic E-state index is 7.32. The number of hydrogen-bond acceptors (Lipinski definition) is 2. The molecule has 2 aromatic rings. The van der Waals surface area contributed by atoms with Crippen LogP contribution >= 0.6 is 0 Å². The molecule has 2 nitrogen and oxygen atoms in total. The maximum Gasteiger partial charge on any atom is -1.00 e. The Balaban J connectivity index is 0.00000294. The molecule has 0 saturated heterocycles. The van der Waals surface area contributed by atoms with E-state index in [1.807, 2.05) is 0 Å². The number of rotatable bonds is 12. The van der Waals surface area contributed by atoms with E-state index in [4.69, 9.17) is 8.85 Å². The summed E-state index contributed by atoms with van der Waals surface area (Å²) in [5.74, 6) is 0. The third-order valence-electron chi connectivity index (χ3n) is 9.87. The van der Waals surface area contributed by atoms with E-state index in [0.29, 0.717) is 0 Å². The summed E-state index contributed by atoms with van der Waals surface area (Å²) in [6, 6.07) is 17.9. The molecular weight excluding hydrogens is 659 g/mol. The first kappa shape index (κ1) is 36.9. The molecule has 224 valence electrons. The van der Waals surface area contributed by atoms with Gasteiger partial charge < -0.3 is 24.8 Å². The van der Waals surface area contributed by atoms with Crippen LogP contribution in [0.5, 0.6) is 0 Å². The van der Waals surface area contributed by atoms with E-state index in [2.05, 4.69) is 128 Å². The zero-order chi connectivity index (χ0) is 28.6. The Hall–Kier alpha value is -0.263. The minimum atomic E-state index is -1.99. The van der Waals surface area contributed by atoms with E-state index in [-0.39, 0.29) is 47.1 Å². The summed E-state index contributed by atoms with van der Waals surface area (Å²) >= 11 is -1.17. The molecule has 4 rings (SSSR count). The minimum absolute atomic E-state index is 0. The standard InChI is InChI=1S/2C17H25OSi.2ClH.Zr/c2*1-6-13-17(2,3)19(4,5)18-16-12-11-14-9-7-8-10-15(14)16;;;/h2*7-11,16H,6,13H2,1-5H3;2*1H;/q;;;;+2/p-2/t2*16-;;;/m10.../s1. The van der Waals surface area contributed by atoms with Gasteiger partial charge in [0.1, 0.15) is 0 Å². The summed E-state index contributed by atoms with van der Waals surface area (Å²) in [5.41, 5.74) is 5.44. The smallest absolute Gasteiger partial charge is 1.00 e. The molecule has 0 saturated carbocycles. The molecule has 2 aliphatic rings. The molecule has 7 heteroatoms. The van der Waals surface area contributed by atoms with Gasteiger partial charge >= 0.3 is 254 Å². The van der Waals surface area contributed by atoms with Crippen molar-refractivity contribution < 1.29 is 56.9 Å². The van der Waals surface area contributed by atoms with Crippen LogP contribution in [0.4, 0.5) is 0 Å². The Bertz CT molecular complexity index is 1160. The fraction of sp³-hybridized carbons (Fsp3) is 0.529. The van der Waals surface area contributed by atoms with Gasteiger partial charge in [-0.1, -0.05) is 0 Å². The maximum atomic E-state index is 7.32. The van der Waals surface area contributed by atoms with Gasteiger partial charge in [0.25, 0.3) is 0 Å². The second-order valence-electron chi connectivity index (χ2n) is 13.9. The third kappa shape index (κ3) is 7.70. The van der Waals surface area contributed by atoms with E-state index in [9.17, 15) is 0 Å². The fourth-order valence-corrected chi connectivity index (χ4v) is 14.2. The van der Waals surface area contributed by atoms with Gasteiger partial charge in [-0.15, -0.1) is 0 Å². The Kier molecular flexibility index (Phi) is 12.8. The van der Waals surface area contributed by atoms with Gasteiger partial charge in [-0.25, -0.2) is 0 Å². The third-order valence-corrected chi connectivity index (χ3v) is 22.0. The Labute approximate surface area is 276 Å². The molecule has 41 heavy (non-hydrogen) atoms. The molecule has 0 unspecified atom stereocenters. The zero-order valence-corrected chi connectivity index (χ0v) is 32.8. The van der Waals surface area contributed by atoms with Crippen LogP contribution in [0.15, 0.2) is 55.1 Å². The van der Waals surface area contributed by atoms with E-state index < -0.39 is 39.9 Å². The Morgan fingerprint density at radius 3 is 1.32 bits per heavy atom. The SMILES string of the molecule is CCCC(C)(C)[Si](C)(C)O[C@@H]1[C]([Zr+2][C]2=Cc3ccccc3[C@H]2O[Si](C)(C)C(C)(C)CCC)=Cc2ccccc21.[Cl-].[Cl-]. The van der Waals surface area contributed by atoms with Crippen LogP contribution in [-0.4, -0.2) is 16.6 Å². The molecule has 0 aromatic heterocycles. The number of hydrogen-bond donors (Lipinski definition) is 0. The Morgan fingerprint density at radius 1 is 0.634 bits per heavy atom. The van der Waals surface area contributed by atoms with Crippen LogP contribution in [0, 0.1) is 0 Å². The summed E-state index contributed by atoms with van der Waals surface area (Å²) in [5, 5.41) is 0.453. The largest absolute Gasteiger partial charge is 1.00 e. The summed E-state index contributed by atoms with van der Waals surface area (Å²) < 4.78 is 17.7. The van der Waals surface area contributed by atoms with Crippen LogP contribution in [0.1, 0.15) is 102 Å². The first-order valence-electron chi connectivity index (χ1n) is 15.0. The number of benzene rings is 2. The van der Waals surface area contributed by atoms with Crippen molar-refractivity contribution in [3.63, 3.8) is 0 Å². The van der Waals surface area contributed by atoms with Gasteiger partial charge in [-0.05, 0) is 0 Å². The van der Waals surface area contributed by atoms with Crippen LogP contribution in [-0.2, 0) is 32.1 Å². The average Bonchev–Trinajstić information content (AvgIpc) is 3.36. The zero-order valence-electron chi connectivity index (χ0n) is 26.8. The minimum Gasteiger partial charge on any atom is -1.00 e. The molecule has 0 fully saturated rings. The summed E-state index contributed by atoms with van der Waals surface area (Å²) in [4.78, 5) is 0. The normalized spacial score (nSPS) is 18.4. The van der Waals surface area contributed by atoms with E-state index >= 15 is 0 Å². The molecule has 0 amide bonds. The average molecular weight is 709 g/mol. The first-order chi connectivity index (χ1) is 18.2. The van der Waals surface area contributed by atoms with Crippen molar-refractivity contribution in [3.05, 3.63) is 77.3 Å². The van der Waals surface area contributed by atoms with Crippen LogP contribution < -0.4 is 24.8 Å². The van der Waals surface area contributed by atoms with Crippen molar-refractivity contribution in [1.82, 2.24) is 0 Å². The van der Waals surface area contributed by atoms with Crippen LogP contribution in [0.25, 0.3) is 12.2 Å². The molecule has 0 aliphatic heterocycles. The van der Waals surface area contributed by atoms with Gasteiger partial charge in [-0.2, -0.15) is 0 Å². The van der Waals surface area contributed by atoms with Crippen molar-refractivity contribution in [2.45, 2.75) is 116 Å². The number of halogens is 2. The van der Waals surface area contributed by atoms with E-state index in [1.54, 1.807) is 6.56 Å². The van der Waals surface area contributed by atoms with E-state index in [1.165, 1.54) is 47.9 Å². The molecule has 2 aromatic carbocycles. The number of fused-ring (bicyclic) bond motifs is 2. The first-order valence-corrected chi connectivity index (χ1v) is 23.2. The molecule has 0 heterocycles. The van der Waals surface area contributed by atoms with Gasteiger partial charge in [-0.3, -0.25) is 0 Å². The van der Waals surface area contributed by atoms with Gasteiger partial charge in [0, 0.05) is 0 Å². The van der Waals surface area contributed by atoms with E-state index in [0.717, 1.165) is 0 Å². The van der Waals surface area contributed by atoms with Crippen molar-refractivity contribution in [1.29, 1.82) is 0 Å². The van der Waals surface area contributed by atoms with Crippen LogP contribution in [0.2, 0.25) is 36.3 Å². The van der Waals surface area contributed by atoms with Gasteiger partial charge in [0.05, 0.1) is 0 Å². The summed E-state index contributed by atoms with van der Waals surface area (Å²) in [6.07, 6.45) is 9.97. The quantitative estimate of drug-likeness (QED) is 0.293. The van der Waals surface area contributed by atoms with Gasteiger partial charge in [0.2, 0.25) is 0 Å². The monoisotopic (exact) mass is 706 g/mol. The van der Waals surface area contributed by atoms with Gasteiger partial charge in [0.15, 0.2) is 0 Å². The van der Waals surface area contributed by atoms with Crippen molar-refractivity contribution in [2.75, 3.05) is 0 Å². The fourth-order valence-electron chi connectivity index (χ4n) is 5.97. The van der Waals surface area contributed by atoms with Crippen molar-refractivity contribution in [3.8, 4) is 0 Å². The molecule has 0 N–H and O–H groups in total. The summed E-state index contributed by atoms with van der Waals surface area (Å²) in [7, 11) is -3.99. The summed E-state index contributed by atoms with van der Waals surface area (Å²) in [6.45, 7) is 24.1. The van der Waals surface area contributed by atoms with Crippen LogP contribution in [0.3, 0.4) is 0 Å². The second-order valence-corrected chi connectivity index (χ2v) is 26.5.